The standard InChI is InChI=1S/C14H21Cl/c1-11(10-15)9-12-7-5-6-8-13(12)14(2,3)4/h5-8,11H,9-10H2,1-4H3. The molecule has 1 rings (SSSR count). The van der Waals surface area contributed by atoms with Gasteiger partial charge in [-0.1, -0.05) is 52.0 Å². The Labute approximate surface area is 98.7 Å². The molecule has 84 valence electrons. The van der Waals surface area contributed by atoms with Gasteiger partial charge >= 0.3 is 0 Å². The fraction of sp³-hybridized carbons (Fsp3) is 0.571. The maximum Gasteiger partial charge on any atom is 0.0252 e. The summed E-state index contributed by atoms with van der Waals surface area (Å²) in [5.41, 5.74) is 3.11. The third-order valence-electron chi connectivity index (χ3n) is 2.66. The summed E-state index contributed by atoms with van der Waals surface area (Å²) in [6.45, 7) is 8.98. The van der Waals surface area contributed by atoms with Gasteiger partial charge in [-0.15, -0.1) is 11.6 Å². The van der Waals surface area contributed by atoms with Crippen LogP contribution in [0.5, 0.6) is 0 Å². The van der Waals surface area contributed by atoms with Crippen LogP contribution >= 0.6 is 11.6 Å². The van der Waals surface area contributed by atoms with Crippen LogP contribution in [0.1, 0.15) is 38.8 Å². The molecule has 1 heteroatoms. The van der Waals surface area contributed by atoms with Crippen molar-refractivity contribution in [3.63, 3.8) is 0 Å². The van der Waals surface area contributed by atoms with Crippen molar-refractivity contribution in [2.75, 3.05) is 5.88 Å². The summed E-state index contributed by atoms with van der Waals surface area (Å²) >= 11 is 5.87. The zero-order chi connectivity index (χ0) is 11.5. The minimum Gasteiger partial charge on any atom is -0.126 e. The van der Waals surface area contributed by atoms with Gasteiger partial charge in [-0.2, -0.15) is 0 Å². The molecule has 0 aliphatic carbocycles. The highest BCUT2D eigenvalue weighted by atomic mass is 35.5. The van der Waals surface area contributed by atoms with Gasteiger partial charge in [-0.3, -0.25) is 0 Å². The maximum atomic E-state index is 5.87. The monoisotopic (exact) mass is 224 g/mol. The van der Waals surface area contributed by atoms with Gasteiger partial charge in [0.05, 0.1) is 0 Å². The van der Waals surface area contributed by atoms with Crippen molar-refractivity contribution in [1.29, 1.82) is 0 Å². The predicted octanol–water partition coefficient (Wildman–Crippen LogP) is 4.40. The lowest BCUT2D eigenvalue weighted by Gasteiger charge is -2.23. The van der Waals surface area contributed by atoms with Crippen LogP contribution in [0.4, 0.5) is 0 Å². The van der Waals surface area contributed by atoms with E-state index in [0.717, 1.165) is 12.3 Å². The van der Waals surface area contributed by atoms with E-state index in [4.69, 9.17) is 11.6 Å². The number of rotatable bonds is 3. The molecule has 0 amide bonds. The summed E-state index contributed by atoms with van der Waals surface area (Å²) in [6.07, 6.45) is 1.08. The highest BCUT2D eigenvalue weighted by Crippen LogP contribution is 2.27. The van der Waals surface area contributed by atoms with E-state index in [0.29, 0.717) is 5.92 Å². The molecule has 0 saturated carbocycles. The van der Waals surface area contributed by atoms with Crippen LogP contribution in [0.2, 0.25) is 0 Å². The number of benzene rings is 1. The molecule has 0 aliphatic rings. The van der Waals surface area contributed by atoms with Crippen molar-refractivity contribution in [2.24, 2.45) is 5.92 Å². The number of alkyl halides is 1. The normalized spacial score (nSPS) is 13.9. The second-order valence-electron chi connectivity index (χ2n) is 5.37. The van der Waals surface area contributed by atoms with Crippen LogP contribution in [0.15, 0.2) is 24.3 Å². The van der Waals surface area contributed by atoms with E-state index in [1.54, 1.807) is 0 Å². The molecule has 15 heavy (non-hydrogen) atoms. The first-order valence-corrected chi connectivity index (χ1v) is 6.13. The summed E-state index contributed by atoms with van der Waals surface area (Å²) < 4.78 is 0. The van der Waals surface area contributed by atoms with Gasteiger partial charge in [-0.25, -0.2) is 0 Å². The summed E-state index contributed by atoms with van der Waals surface area (Å²) in [5, 5.41) is 0. The van der Waals surface area contributed by atoms with Gasteiger partial charge in [0.2, 0.25) is 0 Å². The van der Waals surface area contributed by atoms with Gasteiger partial charge in [-0.05, 0) is 28.9 Å². The van der Waals surface area contributed by atoms with Crippen LogP contribution in [0.25, 0.3) is 0 Å². The topological polar surface area (TPSA) is 0 Å². The lowest BCUT2D eigenvalue weighted by atomic mass is 9.82. The Bertz CT molecular complexity index is 309. The van der Waals surface area contributed by atoms with Gasteiger partial charge in [0.15, 0.2) is 0 Å². The molecule has 0 N–H and O–H groups in total. The first-order valence-electron chi connectivity index (χ1n) is 5.59. The first kappa shape index (κ1) is 12.6. The average Bonchev–Trinajstić information content (AvgIpc) is 2.17. The van der Waals surface area contributed by atoms with Gasteiger partial charge in [0.25, 0.3) is 0 Å². The third-order valence-corrected chi connectivity index (χ3v) is 3.18. The van der Waals surface area contributed by atoms with Crippen molar-refractivity contribution in [3.8, 4) is 0 Å². The molecule has 0 aliphatic heterocycles. The SMILES string of the molecule is CC(CCl)Cc1ccccc1C(C)(C)C. The lowest BCUT2D eigenvalue weighted by molar-refractivity contribution is 0.568. The molecule has 1 atom stereocenters. The van der Waals surface area contributed by atoms with E-state index in [1.165, 1.54) is 11.1 Å². The Morgan fingerprint density at radius 3 is 2.33 bits per heavy atom. The second-order valence-corrected chi connectivity index (χ2v) is 5.68. The van der Waals surface area contributed by atoms with Crippen LogP contribution in [-0.4, -0.2) is 5.88 Å². The molecule has 0 radical (unpaired) electrons. The van der Waals surface area contributed by atoms with Crippen LogP contribution in [-0.2, 0) is 11.8 Å². The maximum absolute atomic E-state index is 5.87. The van der Waals surface area contributed by atoms with Crippen molar-refractivity contribution < 1.29 is 0 Å². The van der Waals surface area contributed by atoms with E-state index >= 15 is 0 Å². The first-order chi connectivity index (χ1) is 6.95. The van der Waals surface area contributed by atoms with Crippen LogP contribution in [0, 0.1) is 5.92 Å². The number of hydrogen-bond donors (Lipinski definition) is 0. The largest absolute Gasteiger partial charge is 0.126 e. The van der Waals surface area contributed by atoms with Gasteiger partial charge < -0.3 is 0 Å². The van der Waals surface area contributed by atoms with Crippen LogP contribution < -0.4 is 0 Å². The zero-order valence-corrected chi connectivity index (χ0v) is 10.9. The van der Waals surface area contributed by atoms with Crippen molar-refractivity contribution >= 4 is 11.6 Å². The van der Waals surface area contributed by atoms with Gasteiger partial charge in [0, 0.05) is 5.88 Å². The van der Waals surface area contributed by atoms with Crippen molar-refractivity contribution in [1.82, 2.24) is 0 Å². The molecule has 0 aromatic heterocycles. The molecule has 0 fully saturated rings. The highest BCUT2D eigenvalue weighted by molar-refractivity contribution is 6.18. The molecular formula is C14H21Cl. The molecule has 1 unspecified atom stereocenters. The smallest absolute Gasteiger partial charge is 0.0252 e. The number of halogens is 1. The zero-order valence-electron chi connectivity index (χ0n) is 10.2. The molecule has 0 nitrogen and oxygen atoms in total. The third kappa shape index (κ3) is 3.53. The molecule has 0 spiro atoms. The van der Waals surface area contributed by atoms with Crippen molar-refractivity contribution in [2.45, 2.75) is 39.5 Å². The Morgan fingerprint density at radius 2 is 1.80 bits per heavy atom. The molecule has 0 bridgehead atoms. The van der Waals surface area contributed by atoms with E-state index in [1.807, 2.05) is 0 Å². The predicted molar refractivity (Wildman–Crippen MR) is 68.7 cm³/mol. The Morgan fingerprint density at radius 1 is 1.20 bits per heavy atom. The average molecular weight is 225 g/mol. The van der Waals surface area contributed by atoms with E-state index in [2.05, 4.69) is 52.0 Å². The Hall–Kier alpha value is -0.490. The molecule has 1 aromatic rings. The van der Waals surface area contributed by atoms with E-state index in [-0.39, 0.29) is 5.41 Å². The quantitative estimate of drug-likeness (QED) is 0.668. The fourth-order valence-corrected chi connectivity index (χ4v) is 1.97. The van der Waals surface area contributed by atoms with E-state index in [9.17, 15) is 0 Å². The fourth-order valence-electron chi connectivity index (χ4n) is 1.86. The summed E-state index contributed by atoms with van der Waals surface area (Å²) in [5.74, 6) is 1.29. The summed E-state index contributed by atoms with van der Waals surface area (Å²) in [6, 6.07) is 8.70. The summed E-state index contributed by atoms with van der Waals surface area (Å²) in [4.78, 5) is 0. The molecule has 0 heterocycles. The van der Waals surface area contributed by atoms with Crippen molar-refractivity contribution in [3.05, 3.63) is 35.4 Å². The highest BCUT2D eigenvalue weighted by Gasteiger charge is 2.17. The van der Waals surface area contributed by atoms with E-state index < -0.39 is 0 Å². The lowest BCUT2D eigenvalue weighted by Crippen LogP contribution is -2.15. The molecular weight excluding hydrogens is 204 g/mol. The second kappa shape index (κ2) is 5.03. The Kier molecular flexibility index (Phi) is 4.21. The molecule has 1 aromatic carbocycles. The summed E-state index contributed by atoms with van der Waals surface area (Å²) in [7, 11) is 0. The van der Waals surface area contributed by atoms with Crippen LogP contribution in [0.3, 0.4) is 0 Å². The minimum absolute atomic E-state index is 0.225. The minimum atomic E-state index is 0.225. The number of hydrogen-bond acceptors (Lipinski definition) is 0. The van der Waals surface area contributed by atoms with Gasteiger partial charge in [0.1, 0.15) is 0 Å². The molecule has 0 saturated heterocycles. The Balaban J connectivity index is 2.97.